The zero-order valence-electron chi connectivity index (χ0n) is 5.82. The topological polar surface area (TPSA) is 72.0 Å². The molecule has 2 aliphatic heterocycles. The Morgan fingerprint density at radius 2 is 2.64 bits per heavy atom. The zero-order valence-corrected chi connectivity index (χ0v) is 5.82. The van der Waals surface area contributed by atoms with Crippen LogP contribution in [0.3, 0.4) is 0 Å². The molecular weight excluding hydrogens is 144 g/mol. The molecule has 0 saturated heterocycles. The highest BCUT2D eigenvalue weighted by molar-refractivity contribution is 5.80. The fourth-order valence-electron chi connectivity index (χ4n) is 0.920. The number of rotatable bonds is 0. The maximum atomic E-state index is 5.47. The third-order valence-electron chi connectivity index (χ3n) is 1.40. The maximum absolute atomic E-state index is 5.47. The van der Waals surface area contributed by atoms with E-state index in [1.54, 1.807) is 12.4 Å². The van der Waals surface area contributed by atoms with E-state index in [9.17, 15) is 0 Å². The minimum Gasteiger partial charge on any atom is -0.482 e. The molecule has 0 spiro atoms. The van der Waals surface area contributed by atoms with Crippen molar-refractivity contribution in [1.82, 2.24) is 5.32 Å². The molecule has 0 radical (unpaired) electrons. The van der Waals surface area contributed by atoms with Crippen molar-refractivity contribution in [2.45, 2.75) is 6.29 Å². The summed E-state index contributed by atoms with van der Waals surface area (Å²) in [6.45, 7) is 0.502. The molecule has 5 nitrogen and oxygen atoms in total. The van der Waals surface area contributed by atoms with Crippen molar-refractivity contribution < 1.29 is 4.74 Å². The number of nitrogens with zero attached hydrogens (tertiary/aromatic N) is 2. The van der Waals surface area contributed by atoms with Gasteiger partial charge >= 0.3 is 0 Å². The first-order valence-corrected chi connectivity index (χ1v) is 3.31. The second-order valence-corrected chi connectivity index (χ2v) is 2.20. The van der Waals surface area contributed by atoms with Crippen LogP contribution in [0.25, 0.3) is 0 Å². The summed E-state index contributed by atoms with van der Waals surface area (Å²) in [6, 6.07) is 0. The lowest BCUT2D eigenvalue weighted by molar-refractivity contribution is 0.268. The summed E-state index contributed by atoms with van der Waals surface area (Å²) in [6.07, 6.45) is 2.87. The van der Waals surface area contributed by atoms with Crippen molar-refractivity contribution in [3.63, 3.8) is 0 Å². The summed E-state index contributed by atoms with van der Waals surface area (Å²) in [4.78, 5) is 7.95. The SMILES string of the molecule is NC1N=CC2=C(N=CCO2)N1. The molecule has 58 valence electrons. The molecule has 1 atom stereocenters. The molecule has 2 rings (SSSR count). The molecule has 3 N–H and O–H groups in total. The predicted octanol–water partition coefficient (Wildman–Crippen LogP) is -0.827. The Kier molecular flexibility index (Phi) is 1.36. The molecule has 0 fully saturated rings. The van der Waals surface area contributed by atoms with E-state index in [-0.39, 0.29) is 0 Å². The van der Waals surface area contributed by atoms with E-state index in [0.29, 0.717) is 18.2 Å². The van der Waals surface area contributed by atoms with Gasteiger partial charge in [0.15, 0.2) is 17.9 Å². The minimum atomic E-state index is -0.396. The first-order valence-electron chi connectivity index (χ1n) is 3.31. The number of allylic oxidation sites excluding steroid dienone is 1. The van der Waals surface area contributed by atoms with Crippen LogP contribution >= 0.6 is 0 Å². The first kappa shape index (κ1) is 6.36. The van der Waals surface area contributed by atoms with Crippen LogP contribution in [-0.2, 0) is 4.74 Å². The largest absolute Gasteiger partial charge is 0.482 e. The maximum Gasteiger partial charge on any atom is 0.180 e. The summed E-state index contributed by atoms with van der Waals surface area (Å²) >= 11 is 0. The molecular formula is C6H8N4O. The van der Waals surface area contributed by atoms with Gasteiger partial charge < -0.3 is 10.1 Å². The van der Waals surface area contributed by atoms with Gasteiger partial charge in [-0.1, -0.05) is 0 Å². The third-order valence-corrected chi connectivity index (χ3v) is 1.40. The molecule has 0 saturated carbocycles. The van der Waals surface area contributed by atoms with Crippen molar-refractivity contribution >= 4 is 12.4 Å². The van der Waals surface area contributed by atoms with Gasteiger partial charge in [0.25, 0.3) is 0 Å². The lowest BCUT2D eigenvalue weighted by Gasteiger charge is -2.20. The Balaban J connectivity index is 2.27. The zero-order chi connectivity index (χ0) is 7.68. The van der Waals surface area contributed by atoms with E-state index in [0.717, 1.165) is 0 Å². The molecule has 0 aromatic carbocycles. The van der Waals surface area contributed by atoms with Gasteiger partial charge in [0.05, 0.1) is 6.21 Å². The molecule has 0 amide bonds. The van der Waals surface area contributed by atoms with Crippen molar-refractivity contribution in [1.29, 1.82) is 0 Å². The normalized spacial score (nSPS) is 27.5. The second kappa shape index (κ2) is 2.35. The summed E-state index contributed by atoms with van der Waals surface area (Å²) < 4.78 is 5.19. The average Bonchev–Trinajstić information content (AvgIpc) is 2.04. The van der Waals surface area contributed by atoms with Crippen LogP contribution in [-0.4, -0.2) is 25.3 Å². The van der Waals surface area contributed by atoms with Gasteiger partial charge in [-0.2, -0.15) is 0 Å². The Bertz CT molecular complexity index is 255. The molecule has 0 aliphatic carbocycles. The molecule has 0 aromatic heterocycles. The highest BCUT2D eigenvalue weighted by atomic mass is 16.5. The van der Waals surface area contributed by atoms with Crippen LogP contribution in [0.1, 0.15) is 0 Å². The lowest BCUT2D eigenvalue weighted by atomic mass is 10.4. The number of hydrogen-bond donors (Lipinski definition) is 2. The number of nitrogens with one attached hydrogen (secondary N) is 1. The summed E-state index contributed by atoms with van der Waals surface area (Å²) in [5.41, 5.74) is 5.47. The van der Waals surface area contributed by atoms with Crippen LogP contribution in [0.5, 0.6) is 0 Å². The molecule has 0 bridgehead atoms. The number of ether oxygens (including phenoxy) is 1. The molecule has 11 heavy (non-hydrogen) atoms. The van der Waals surface area contributed by atoms with Crippen molar-refractivity contribution in [2.75, 3.05) is 6.61 Å². The molecule has 2 aliphatic rings. The van der Waals surface area contributed by atoms with Crippen LogP contribution in [0, 0.1) is 0 Å². The quantitative estimate of drug-likeness (QED) is 0.476. The van der Waals surface area contributed by atoms with Crippen molar-refractivity contribution in [3.8, 4) is 0 Å². The number of hydrogen-bond acceptors (Lipinski definition) is 5. The fourth-order valence-corrected chi connectivity index (χ4v) is 0.920. The predicted molar refractivity (Wildman–Crippen MR) is 41.1 cm³/mol. The van der Waals surface area contributed by atoms with Crippen molar-refractivity contribution in [2.24, 2.45) is 15.7 Å². The lowest BCUT2D eigenvalue weighted by Crippen LogP contribution is -2.39. The van der Waals surface area contributed by atoms with E-state index in [1.165, 1.54) is 0 Å². The minimum absolute atomic E-state index is 0.396. The van der Waals surface area contributed by atoms with Gasteiger partial charge in [0, 0.05) is 6.21 Å². The first-order chi connectivity index (χ1) is 5.36. The molecule has 1 unspecified atom stereocenters. The number of nitrogens with two attached hydrogens (primary N) is 1. The third kappa shape index (κ3) is 1.10. The number of aliphatic imine (C=N–C) groups is 2. The van der Waals surface area contributed by atoms with Gasteiger partial charge in [0.2, 0.25) is 0 Å². The molecule has 2 heterocycles. The Morgan fingerprint density at radius 1 is 1.73 bits per heavy atom. The summed E-state index contributed by atoms with van der Waals surface area (Å²) in [7, 11) is 0. The molecule has 5 heteroatoms. The smallest absolute Gasteiger partial charge is 0.180 e. The van der Waals surface area contributed by atoms with Gasteiger partial charge in [-0.3, -0.25) is 5.73 Å². The van der Waals surface area contributed by atoms with Gasteiger partial charge in [0.1, 0.15) is 6.61 Å². The summed E-state index contributed by atoms with van der Waals surface area (Å²) in [5, 5.41) is 2.85. The van der Waals surface area contributed by atoms with E-state index >= 15 is 0 Å². The second-order valence-electron chi connectivity index (χ2n) is 2.20. The Hall–Kier alpha value is -1.36. The van der Waals surface area contributed by atoms with Crippen LogP contribution in [0.2, 0.25) is 0 Å². The van der Waals surface area contributed by atoms with E-state index in [2.05, 4.69) is 15.3 Å². The standard InChI is InChI=1S/C6H8N4O/c7-6-9-3-4-5(10-6)8-1-2-11-4/h1,3,6,10H,2,7H2. The van der Waals surface area contributed by atoms with Gasteiger partial charge in [-0.25, -0.2) is 9.98 Å². The average molecular weight is 152 g/mol. The summed E-state index contributed by atoms with van der Waals surface area (Å²) in [5.74, 6) is 1.33. The van der Waals surface area contributed by atoms with Gasteiger partial charge in [-0.05, 0) is 0 Å². The van der Waals surface area contributed by atoms with E-state index in [1.807, 2.05) is 0 Å². The van der Waals surface area contributed by atoms with Crippen LogP contribution < -0.4 is 11.1 Å². The monoisotopic (exact) mass is 152 g/mol. The Morgan fingerprint density at radius 3 is 3.55 bits per heavy atom. The van der Waals surface area contributed by atoms with E-state index in [4.69, 9.17) is 10.5 Å². The van der Waals surface area contributed by atoms with Crippen LogP contribution in [0.15, 0.2) is 21.6 Å². The van der Waals surface area contributed by atoms with Crippen LogP contribution in [0.4, 0.5) is 0 Å². The van der Waals surface area contributed by atoms with E-state index < -0.39 is 6.29 Å². The highest BCUT2D eigenvalue weighted by Gasteiger charge is 2.15. The highest BCUT2D eigenvalue weighted by Crippen LogP contribution is 2.10. The fraction of sp³-hybridized carbons (Fsp3) is 0.333. The van der Waals surface area contributed by atoms with Crippen molar-refractivity contribution in [3.05, 3.63) is 11.6 Å². The van der Waals surface area contributed by atoms with Gasteiger partial charge in [-0.15, -0.1) is 0 Å². The Labute approximate surface area is 63.7 Å². The molecule has 0 aromatic rings.